The first-order valence-corrected chi connectivity index (χ1v) is 9.57. The maximum absolute atomic E-state index is 11.6. The maximum Gasteiger partial charge on any atom is 0.335 e. The highest BCUT2D eigenvalue weighted by Gasteiger charge is 2.18. The van der Waals surface area contributed by atoms with Crippen LogP contribution >= 0.6 is 0 Å². The van der Waals surface area contributed by atoms with Gasteiger partial charge in [0.1, 0.15) is 0 Å². The molecule has 1 heterocycles. The summed E-state index contributed by atoms with van der Waals surface area (Å²) in [4.78, 5) is 27.3. The van der Waals surface area contributed by atoms with E-state index in [1.165, 1.54) is 0 Å². The lowest BCUT2D eigenvalue weighted by Crippen LogP contribution is -2.07. The zero-order valence-corrected chi connectivity index (χ0v) is 16.7. The van der Waals surface area contributed by atoms with Gasteiger partial charge in [0.25, 0.3) is 0 Å². The number of benzene rings is 2. The highest BCUT2D eigenvalue weighted by Crippen LogP contribution is 2.32. The summed E-state index contributed by atoms with van der Waals surface area (Å²) in [6.07, 6.45) is 1.39. The molecule has 0 fully saturated rings. The van der Waals surface area contributed by atoms with Crippen molar-refractivity contribution in [1.29, 1.82) is 0 Å². The van der Waals surface area contributed by atoms with E-state index < -0.39 is 11.9 Å². The van der Waals surface area contributed by atoms with Crippen molar-refractivity contribution < 1.29 is 19.8 Å². The molecule has 0 unspecified atom stereocenters. The topological polar surface area (TPSA) is 87.5 Å². The lowest BCUT2D eigenvalue weighted by atomic mass is 9.88. The average Bonchev–Trinajstić information content (AvgIpc) is 2.72. The van der Waals surface area contributed by atoms with Crippen LogP contribution in [0.4, 0.5) is 0 Å². The Labute approximate surface area is 169 Å². The minimum Gasteiger partial charge on any atom is -0.478 e. The Kier molecular flexibility index (Phi) is 5.78. The predicted molar refractivity (Wildman–Crippen MR) is 113 cm³/mol. The molecule has 0 saturated heterocycles. The van der Waals surface area contributed by atoms with Gasteiger partial charge < -0.3 is 10.2 Å². The third kappa shape index (κ3) is 3.90. The highest BCUT2D eigenvalue weighted by atomic mass is 16.4. The Hall–Kier alpha value is -3.47. The third-order valence-corrected chi connectivity index (χ3v) is 5.17. The summed E-state index contributed by atoms with van der Waals surface area (Å²) in [6, 6.07) is 14.1. The van der Waals surface area contributed by atoms with Crippen LogP contribution in [0.2, 0.25) is 0 Å². The number of carbonyl (C=O) groups is 2. The van der Waals surface area contributed by atoms with Crippen LogP contribution in [0.1, 0.15) is 51.4 Å². The molecule has 0 aliphatic heterocycles. The fraction of sp³-hybridized carbons (Fsp3) is 0.208. The number of pyridine rings is 1. The number of aromatic nitrogens is 1. The molecular weight excluding hydrogens is 366 g/mol. The Balaban J connectivity index is 2.07. The third-order valence-electron chi connectivity index (χ3n) is 5.17. The molecule has 5 heteroatoms. The summed E-state index contributed by atoms with van der Waals surface area (Å²) in [5.41, 5.74) is 6.92. The summed E-state index contributed by atoms with van der Waals surface area (Å²) >= 11 is 0. The molecule has 3 aromatic rings. The zero-order valence-electron chi connectivity index (χ0n) is 16.7. The Morgan fingerprint density at radius 3 is 1.93 bits per heavy atom. The summed E-state index contributed by atoms with van der Waals surface area (Å²) in [5, 5.41) is 18.5. The van der Waals surface area contributed by atoms with Gasteiger partial charge >= 0.3 is 11.9 Å². The summed E-state index contributed by atoms with van der Waals surface area (Å²) in [5.74, 6) is -1.86. The van der Waals surface area contributed by atoms with E-state index in [9.17, 15) is 14.7 Å². The Morgan fingerprint density at radius 1 is 0.793 bits per heavy atom. The van der Waals surface area contributed by atoms with Gasteiger partial charge in [-0.25, -0.2) is 9.59 Å². The van der Waals surface area contributed by atoms with E-state index in [4.69, 9.17) is 10.1 Å². The van der Waals surface area contributed by atoms with Crippen LogP contribution in [0.15, 0.2) is 48.5 Å². The van der Waals surface area contributed by atoms with E-state index >= 15 is 0 Å². The second-order valence-corrected chi connectivity index (χ2v) is 6.84. The molecule has 0 amide bonds. The van der Waals surface area contributed by atoms with Crippen molar-refractivity contribution in [2.75, 3.05) is 0 Å². The van der Waals surface area contributed by atoms with Crippen LogP contribution in [-0.4, -0.2) is 27.1 Å². The fourth-order valence-corrected chi connectivity index (χ4v) is 3.74. The van der Waals surface area contributed by atoms with Crippen LogP contribution in [0.5, 0.6) is 0 Å². The zero-order chi connectivity index (χ0) is 21.1. The molecule has 5 nitrogen and oxygen atoms in total. The van der Waals surface area contributed by atoms with Gasteiger partial charge in [-0.05, 0) is 60.7 Å². The lowest BCUT2D eigenvalue weighted by Gasteiger charge is -2.17. The predicted octanol–water partition coefficient (Wildman–Crippen LogP) is 5.25. The number of nitrogens with zero attached hydrogens (tertiary/aromatic N) is 1. The van der Waals surface area contributed by atoms with Crippen molar-refractivity contribution in [1.82, 2.24) is 4.98 Å². The van der Waals surface area contributed by atoms with E-state index in [1.54, 1.807) is 30.3 Å². The quantitative estimate of drug-likeness (QED) is 0.601. The molecule has 0 aliphatic carbocycles. The standard InChI is InChI=1S/C24H23NO4/c1-4-17-18(5-2)21(24(28)29)11-10-20(17)19-12-13-22(25-14(19)3)15-6-8-16(9-7-15)23(26)27/h6-13H,4-5H2,1-3H3,(H,26,27)(H,28,29). The minimum atomic E-state index is -0.959. The molecule has 29 heavy (non-hydrogen) atoms. The maximum atomic E-state index is 11.6. The largest absolute Gasteiger partial charge is 0.478 e. The number of carboxylic acids is 2. The molecule has 1 aromatic heterocycles. The van der Waals surface area contributed by atoms with Gasteiger partial charge in [0.15, 0.2) is 0 Å². The van der Waals surface area contributed by atoms with E-state index in [0.29, 0.717) is 12.0 Å². The van der Waals surface area contributed by atoms with Crippen molar-refractivity contribution in [3.8, 4) is 22.4 Å². The number of hydrogen-bond acceptors (Lipinski definition) is 3. The highest BCUT2D eigenvalue weighted by molar-refractivity contribution is 5.91. The number of hydrogen-bond donors (Lipinski definition) is 2. The minimum absolute atomic E-state index is 0.236. The normalized spacial score (nSPS) is 10.7. The van der Waals surface area contributed by atoms with Gasteiger partial charge in [-0.2, -0.15) is 0 Å². The molecule has 0 bridgehead atoms. The summed E-state index contributed by atoms with van der Waals surface area (Å²) in [6.45, 7) is 5.94. The van der Waals surface area contributed by atoms with Crippen molar-refractivity contribution in [3.63, 3.8) is 0 Å². The number of aryl methyl sites for hydroxylation is 1. The summed E-state index contributed by atoms with van der Waals surface area (Å²) in [7, 11) is 0. The van der Waals surface area contributed by atoms with Crippen LogP contribution in [-0.2, 0) is 12.8 Å². The van der Waals surface area contributed by atoms with Crippen molar-refractivity contribution in [2.45, 2.75) is 33.6 Å². The van der Waals surface area contributed by atoms with E-state index in [1.807, 2.05) is 39.0 Å². The van der Waals surface area contributed by atoms with E-state index in [2.05, 4.69) is 0 Å². The first-order valence-electron chi connectivity index (χ1n) is 9.57. The van der Waals surface area contributed by atoms with Gasteiger partial charge in [0.2, 0.25) is 0 Å². The van der Waals surface area contributed by atoms with Crippen molar-refractivity contribution in [2.24, 2.45) is 0 Å². The fourth-order valence-electron chi connectivity index (χ4n) is 3.74. The van der Waals surface area contributed by atoms with Gasteiger partial charge in [-0.15, -0.1) is 0 Å². The summed E-state index contributed by atoms with van der Waals surface area (Å²) < 4.78 is 0. The number of aromatic carboxylic acids is 2. The molecule has 0 atom stereocenters. The molecular formula is C24H23NO4. The first kappa shape index (κ1) is 20.3. The van der Waals surface area contributed by atoms with E-state index in [-0.39, 0.29) is 5.56 Å². The Morgan fingerprint density at radius 2 is 1.41 bits per heavy atom. The monoisotopic (exact) mass is 389 g/mol. The smallest absolute Gasteiger partial charge is 0.335 e. The van der Waals surface area contributed by atoms with E-state index in [0.717, 1.165) is 45.6 Å². The molecule has 0 spiro atoms. The Bertz CT molecular complexity index is 1080. The first-order chi connectivity index (χ1) is 13.9. The lowest BCUT2D eigenvalue weighted by molar-refractivity contribution is 0.0685. The molecule has 2 aromatic carbocycles. The van der Waals surface area contributed by atoms with Crippen molar-refractivity contribution >= 4 is 11.9 Å². The molecule has 0 saturated carbocycles. The van der Waals surface area contributed by atoms with Crippen LogP contribution < -0.4 is 0 Å². The van der Waals surface area contributed by atoms with Gasteiger partial charge in [-0.1, -0.05) is 38.1 Å². The molecule has 148 valence electrons. The number of rotatable bonds is 6. The molecule has 0 aliphatic rings. The van der Waals surface area contributed by atoms with Gasteiger partial charge in [-0.3, -0.25) is 4.98 Å². The van der Waals surface area contributed by atoms with Crippen molar-refractivity contribution in [3.05, 3.63) is 76.5 Å². The molecule has 0 radical (unpaired) electrons. The molecule has 2 N–H and O–H groups in total. The van der Waals surface area contributed by atoms with Gasteiger partial charge in [0.05, 0.1) is 16.8 Å². The average molecular weight is 389 g/mol. The van der Waals surface area contributed by atoms with Gasteiger partial charge in [0, 0.05) is 16.8 Å². The van der Waals surface area contributed by atoms with Crippen LogP contribution in [0.25, 0.3) is 22.4 Å². The second kappa shape index (κ2) is 8.27. The van der Waals surface area contributed by atoms with Crippen LogP contribution in [0, 0.1) is 6.92 Å². The number of carboxylic acid groups (broad SMARTS) is 2. The van der Waals surface area contributed by atoms with Crippen LogP contribution in [0.3, 0.4) is 0 Å². The molecule has 3 rings (SSSR count). The second-order valence-electron chi connectivity index (χ2n) is 6.84. The SMILES string of the molecule is CCc1c(C(=O)O)ccc(-c2ccc(-c3ccc(C(=O)O)cc3)nc2C)c1CC.